The van der Waals surface area contributed by atoms with Gasteiger partial charge in [-0.05, 0) is 36.2 Å². The van der Waals surface area contributed by atoms with Gasteiger partial charge in [0, 0.05) is 18.9 Å². The van der Waals surface area contributed by atoms with E-state index in [9.17, 15) is 14.7 Å². The van der Waals surface area contributed by atoms with Crippen molar-refractivity contribution in [2.24, 2.45) is 0 Å². The lowest BCUT2D eigenvalue weighted by Gasteiger charge is -2.24. The first-order valence-corrected chi connectivity index (χ1v) is 8.94. The number of carbonyl (C=O) groups excluding carboxylic acids is 2. The van der Waals surface area contributed by atoms with E-state index in [1.165, 1.54) is 19.1 Å². The number of ether oxygens (including phenoxy) is 2. The maximum Gasteiger partial charge on any atom is 0.295 e. The second-order valence-corrected chi connectivity index (χ2v) is 6.35. The summed E-state index contributed by atoms with van der Waals surface area (Å²) in [4.78, 5) is 31.1. The average Bonchev–Trinajstić information content (AvgIpc) is 2.98. The number of aliphatic hydroxyl groups is 1. The van der Waals surface area contributed by atoms with Crippen molar-refractivity contribution >= 4 is 17.4 Å². The highest BCUT2D eigenvalue weighted by Gasteiger charge is 2.46. The number of nitrogens with zero attached hydrogens (tertiary/aromatic N) is 2. The molecule has 0 aliphatic carbocycles. The van der Waals surface area contributed by atoms with E-state index in [1.54, 1.807) is 42.7 Å². The van der Waals surface area contributed by atoms with Crippen LogP contribution in [0.15, 0.2) is 48.3 Å². The summed E-state index contributed by atoms with van der Waals surface area (Å²) in [5.74, 6) is -0.821. The topological polar surface area (TPSA) is 89.0 Å². The second-order valence-electron chi connectivity index (χ2n) is 6.35. The van der Waals surface area contributed by atoms with Crippen LogP contribution in [0.4, 0.5) is 0 Å². The molecule has 1 aliphatic heterocycles. The lowest BCUT2D eigenvalue weighted by Crippen LogP contribution is -2.30. The van der Waals surface area contributed by atoms with Gasteiger partial charge >= 0.3 is 0 Å². The Morgan fingerprint density at radius 1 is 1.21 bits per heavy atom. The lowest BCUT2D eigenvalue weighted by molar-refractivity contribution is -0.139. The quantitative estimate of drug-likeness (QED) is 0.469. The Balaban J connectivity index is 2.24. The molecule has 0 spiro atoms. The molecule has 1 N–H and O–H groups in total. The van der Waals surface area contributed by atoms with E-state index < -0.39 is 17.7 Å². The van der Waals surface area contributed by atoms with E-state index in [2.05, 4.69) is 4.98 Å². The van der Waals surface area contributed by atoms with Crippen LogP contribution in [0.5, 0.6) is 11.5 Å². The number of carbonyl (C=O) groups is 2. The largest absolute Gasteiger partial charge is 0.507 e. The van der Waals surface area contributed by atoms with Crippen molar-refractivity contribution in [3.05, 3.63) is 59.4 Å². The molecule has 1 atom stereocenters. The number of likely N-dealkylation sites (tertiary alicyclic amines) is 1. The Hall–Kier alpha value is -3.35. The van der Waals surface area contributed by atoms with Crippen molar-refractivity contribution < 1.29 is 24.2 Å². The number of benzene rings is 1. The third kappa shape index (κ3) is 3.31. The van der Waals surface area contributed by atoms with Gasteiger partial charge in [0.25, 0.3) is 11.7 Å². The molecule has 146 valence electrons. The summed E-state index contributed by atoms with van der Waals surface area (Å²) in [7, 11) is 2.97. The second kappa shape index (κ2) is 8.12. The Morgan fingerprint density at radius 2 is 2.00 bits per heavy atom. The van der Waals surface area contributed by atoms with Crippen molar-refractivity contribution in [3.8, 4) is 11.5 Å². The third-order valence-electron chi connectivity index (χ3n) is 4.67. The minimum atomic E-state index is -0.732. The van der Waals surface area contributed by atoms with Crippen LogP contribution in [-0.4, -0.2) is 47.4 Å². The van der Waals surface area contributed by atoms with E-state index in [1.807, 2.05) is 6.92 Å². The maximum atomic E-state index is 12.8. The summed E-state index contributed by atoms with van der Waals surface area (Å²) in [6.45, 7) is 2.31. The Kier molecular flexibility index (Phi) is 5.63. The van der Waals surface area contributed by atoms with Gasteiger partial charge in [-0.25, -0.2) is 0 Å². The zero-order valence-corrected chi connectivity index (χ0v) is 16.0. The SMILES string of the molecule is CCCN1C(=O)C(=O)/C(=C(/O)c2cc(OC)ccc2OC)C1c1cccnc1. The summed E-state index contributed by atoms with van der Waals surface area (Å²) >= 11 is 0. The van der Waals surface area contributed by atoms with E-state index in [0.717, 1.165) is 0 Å². The molecular weight excluding hydrogens is 360 g/mol. The normalized spacial score (nSPS) is 18.4. The van der Waals surface area contributed by atoms with Gasteiger partial charge in [-0.2, -0.15) is 0 Å². The lowest BCUT2D eigenvalue weighted by atomic mass is 9.96. The Bertz CT molecular complexity index is 924. The van der Waals surface area contributed by atoms with Crippen molar-refractivity contribution in [2.75, 3.05) is 20.8 Å². The highest BCUT2D eigenvalue weighted by Crippen LogP contribution is 2.41. The van der Waals surface area contributed by atoms with Gasteiger partial charge in [0.1, 0.15) is 17.3 Å². The summed E-state index contributed by atoms with van der Waals surface area (Å²) in [6, 6.07) is 7.68. The molecule has 3 rings (SSSR count). The first-order chi connectivity index (χ1) is 13.5. The van der Waals surface area contributed by atoms with E-state index >= 15 is 0 Å². The van der Waals surface area contributed by atoms with Gasteiger partial charge in [-0.15, -0.1) is 0 Å². The summed E-state index contributed by atoms with van der Waals surface area (Å²) in [6.07, 6.45) is 3.88. The summed E-state index contributed by atoms with van der Waals surface area (Å²) in [5.41, 5.74) is 0.946. The molecule has 0 saturated carbocycles. The van der Waals surface area contributed by atoms with Crippen molar-refractivity contribution in [3.63, 3.8) is 0 Å². The zero-order valence-electron chi connectivity index (χ0n) is 16.0. The number of amides is 1. The third-order valence-corrected chi connectivity index (χ3v) is 4.67. The molecule has 1 aliphatic rings. The van der Waals surface area contributed by atoms with Crippen LogP contribution in [-0.2, 0) is 9.59 Å². The fraction of sp³-hybridized carbons (Fsp3) is 0.286. The predicted molar refractivity (Wildman–Crippen MR) is 103 cm³/mol. The molecule has 1 aromatic heterocycles. The minimum Gasteiger partial charge on any atom is -0.507 e. The smallest absolute Gasteiger partial charge is 0.295 e. The zero-order chi connectivity index (χ0) is 20.3. The van der Waals surface area contributed by atoms with E-state index in [-0.39, 0.29) is 16.9 Å². The highest BCUT2D eigenvalue weighted by molar-refractivity contribution is 6.46. The number of pyridine rings is 1. The molecule has 2 heterocycles. The first-order valence-electron chi connectivity index (χ1n) is 8.94. The number of hydrogen-bond donors (Lipinski definition) is 1. The number of aromatic nitrogens is 1. The van der Waals surface area contributed by atoms with Gasteiger partial charge < -0.3 is 19.5 Å². The number of Topliss-reactive ketones (excluding diaryl/α,β-unsaturated/α-hetero) is 1. The predicted octanol–water partition coefficient (Wildman–Crippen LogP) is 2.93. The molecule has 1 aromatic carbocycles. The molecular formula is C21H22N2O5. The number of methoxy groups -OCH3 is 2. The molecule has 1 saturated heterocycles. The molecule has 28 heavy (non-hydrogen) atoms. The first kappa shape index (κ1) is 19.4. The van der Waals surface area contributed by atoms with Crippen molar-refractivity contribution in [1.29, 1.82) is 0 Å². The molecule has 0 radical (unpaired) electrons. The average molecular weight is 382 g/mol. The fourth-order valence-electron chi connectivity index (χ4n) is 3.38. The maximum absolute atomic E-state index is 12.8. The monoisotopic (exact) mass is 382 g/mol. The molecule has 7 heteroatoms. The van der Waals surface area contributed by atoms with Crippen LogP contribution in [0.1, 0.15) is 30.5 Å². The molecule has 0 bridgehead atoms. The molecule has 7 nitrogen and oxygen atoms in total. The Labute approximate surface area is 163 Å². The van der Waals surface area contributed by atoms with Gasteiger partial charge in [0.2, 0.25) is 0 Å². The molecule has 1 fully saturated rings. The number of aliphatic hydroxyl groups excluding tert-OH is 1. The van der Waals surface area contributed by atoms with Crippen LogP contribution in [0.3, 0.4) is 0 Å². The fourth-order valence-corrected chi connectivity index (χ4v) is 3.38. The summed E-state index contributed by atoms with van der Waals surface area (Å²) in [5, 5.41) is 11.1. The number of rotatable bonds is 6. The minimum absolute atomic E-state index is 0.0120. The van der Waals surface area contributed by atoms with Crippen molar-refractivity contribution in [2.45, 2.75) is 19.4 Å². The van der Waals surface area contributed by atoms with Gasteiger partial charge in [-0.1, -0.05) is 13.0 Å². The molecule has 1 amide bonds. The van der Waals surface area contributed by atoms with Gasteiger partial charge in [-0.3, -0.25) is 14.6 Å². The van der Waals surface area contributed by atoms with Gasteiger partial charge in [0.15, 0.2) is 0 Å². The van der Waals surface area contributed by atoms with Crippen LogP contribution in [0, 0.1) is 0 Å². The van der Waals surface area contributed by atoms with Crippen LogP contribution in [0.25, 0.3) is 5.76 Å². The van der Waals surface area contributed by atoms with Crippen LogP contribution < -0.4 is 9.47 Å². The number of ketones is 1. The molecule has 1 unspecified atom stereocenters. The number of hydrogen-bond acceptors (Lipinski definition) is 6. The highest BCUT2D eigenvalue weighted by atomic mass is 16.5. The standard InChI is InChI=1S/C21H22N2O5/c1-4-10-23-18(13-6-5-9-22-12-13)17(20(25)21(23)26)19(24)15-11-14(27-2)7-8-16(15)28-3/h5-9,11-12,18,24H,4,10H2,1-3H3/b19-17+. The van der Waals surface area contributed by atoms with Crippen molar-refractivity contribution in [1.82, 2.24) is 9.88 Å². The van der Waals surface area contributed by atoms with E-state index in [0.29, 0.717) is 30.0 Å². The Morgan fingerprint density at radius 3 is 2.61 bits per heavy atom. The molecule has 2 aromatic rings. The van der Waals surface area contributed by atoms with Gasteiger partial charge in [0.05, 0.1) is 31.4 Å². The summed E-state index contributed by atoms with van der Waals surface area (Å²) < 4.78 is 10.6. The van der Waals surface area contributed by atoms with Crippen LogP contribution in [0.2, 0.25) is 0 Å². The van der Waals surface area contributed by atoms with Crippen LogP contribution >= 0.6 is 0 Å². The van der Waals surface area contributed by atoms with E-state index in [4.69, 9.17) is 9.47 Å².